The monoisotopic (exact) mass is 225 g/mol. The Balaban J connectivity index is 4.54. The molecule has 0 aromatic rings. The van der Waals surface area contributed by atoms with Gasteiger partial charge in [0.15, 0.2) is 0 Å². The molecule has 3 atom stereocenters. The molecule has 0 saturated carbocycles. The van der Waals surface area contributed by atoms with Gasteiger partial charge in [-0.15, -0.1) is 6.42 Å². The van der Waals surface area contributed by atoms with Crippen LogP contribution >= 0.6 is 0 Å². The van der Waals surface area contributed by atoms with Gasteiger partial charge in [0.2, 0.25) is 0 Å². The summed E-state index contributed by atoms with van der Waals surface area (Å²) in [5, 5.41) is -0.341. The fraction of sp³-hybridized carbons (Fsp3) is 0.500. The van der Waals surface area contributed by atoms with Crippen LogP contribution in [-0.2, 0) is 11.1 Å². The Morgan fingerprint density at radius 3 is 2.60 bits per heavy atom. The van der Waals surface area contributed by atoms with E-state index in [2.05, 4.69) is 5.92 Å². The van der Waals surface area contributed by atoms with E-state index in [9.17, 15) is 8.76 Å². The van der Waals surface area contributed by atoms with Crippen LogP contribution < -0.4 is 0 Å². The lowest BCUT2D eigenvalue weighted by Gasteiger charge is -2.19. The van der Waals surface area contributed by atoms with E-state index in [-0.39, 0.29) is 11.2 Å². The Kier molecular flexibility index (Phi) is 7.02. The molecule has 0 radical (unpaired) electrons. The fourth-order valence-electron chi connectivity index (χ4n) is 1.36. The standard InChI is InChI=1S/C12H18O2S/c1-5-7-12(8-6-2)10(3)9-11(4)15(13)14/h1,6-8,10-11H,9H2,2-4H3,(H,13,14)/p-1/b8-6-,12-7+. The Morgan fingerprint density at radius 1 is 1.60 bits per heavy atom. The first kappa shape index (κ1) is 14.2. The van der Waals surface area contributed by atoms with Crippen LogP contribution in [0, 0.1) is 18.3 Å². The van der Waals surface area contributed by atoms with Gasteiger partial charge in [0.25, 0.3) is 0 Å². The molecule has 84 valence electrons. The van der Waals surface area contributed by atoms with Crippen LogP contribution in [0.3, 0.4) is 0 Å². The highest BCUT2D eigenvalue weighted by molar-refractivity contribution is 7.79. The van der Waals surface area contributed by atoms with Crippen molar-refractivity contribution < 1.29 is 8.76 Å². The van der Waals surface area contributed by atoms with Gasteiger partial charge in [-0.05, 0) is 30.9 Å². The highest BCUT2D eigenvalue weighted by Crippen LogP contribution is 2.19. The van der Waals surface area contributed by atoms with E-state index in [4.69, 9.17) is 6.42 Å². The predicted molar refractivity (Wildman–Crippen MR) is 63.9 cm³/mol. The fourth-order valence-corrected chi connectivity index (χ4v) is 1.80. The third kappa shape index (κ3) is 5.56. The number of rotatable bonds is 5. The molecule has 0 bridgehead atoms. The maximum absolute atomic E-state index is 10.7. The molecule has 0 aliphatic heterocycles. The predicted octanol–water partition coefficient (Wildman–Crippen LogP) is 2.42. The summed E-state index contributed by atoms with van der Waals surface area (Å²) in [6, 6.07) is 0. The first-order valence-electron chi connectivity index (χ1n) is 4.89. The van der Waals surface area contributed by atoms with E-state index >= 15 is 0 Å². The third-order valence-corrected chi connectivity index (χ3v) is 3.04. The third-order valence-electron chi connectivity index (χ3n) is 2.19. The van der Waals surface area contributed by atoms with Crippen molar-refractivity contribution in [3.05, 3.63) is 23.8 Å². The summed E-state index contributed by atoms with van der Waals surface area (Å²) in [6.07, 6.45) is 11.3. The summed E-state index contributed by atoms with van der Waals surface area (Å²) < 4.78 is 21.4. The van der Waals surface area contributed by atoms with Crippen molar-refractivity contribution >= 4 is 11.1 Å². The zero-order chi connectivity index (χ0) is 11.8. The second-order valence-electron chi connectivity index (χ2n) is 3.52. The molecule has 0 amide bonds. The van der Waals surface area contributed by atoms with Crippen molar-refractivity contribution in [1.82, 2.24) is 0 Å². The van der Waals surface area contributed by atoms with Gasteiger partial charge in [-0.25, -0.2) is 0 Å². The second kappa shape index (κ2) is 7.44. The molecule has 0 spiro atoms. The van der Waals surface area contributed by atoms with Crippen molar-refractivity contribution in [2.75, 3.05) is 0 Å². The Hall–Kier alpha value is -0.850. The van der Waals surface area contributed by atoms with Crippen LogP contribution in [0.5, 0.6) is 0 Å². The minimum absolute atomic E-state index is 0.158. The summed E-state index contributed by atoms with van der Waals surface area (Å²) in [6.45, 7) is 5.58. The number of terminal acetylenes is 1. The van der Waals surface area contributed by atoms with E-state index in [1.165, 1.54) is 0 Å². The lowest BCUT2D eigenvalue weighted by molar-refractivity contribution is 0.506. The molecule has 3 unspecified atom stereocenters. The molecule has 0 rings (SSSR count). The van der Waals surface area contributed by atoms with Crippen molar-refractivity contribution in [2.45, 2.75) is 32.4 Å². The van der Waals surface area contributed by atoms with Crippen LogP contribution in [-0.4, -0.2) is 14.0 Å². The molecule has 0 aliphatic rings. The first-order valence-corrected chi connectivity index (χ1v) is 6.03. The van der Waals surface area contributed by atoms with Crippen LogP contribution in [0.4, 0.5) is 0 Å². The topological polar surface area (TPSA) is 40.1 Å². The van der Waals surface area contributed by atoms with Gasteiger partial charge in [-0.3, -0.25) is 4.21 Å². The van der Waals surface area contributed by atoms with Crippen molar-refractivity contribution in [3.8, 4) is 12.3 Å². The number of hydrogen-bond acceptors (Lipinski definition) is 2. The molecule has 2 nitrogen and oxygen atoms in total. The molecule has 3 heteroatoms. The minimum atomic E-state index is -2.01. The van der Waals surface area contributed by atoms with E-state index < -0.39 is 11.1 Å². The van der Waals surface area contributed by atoms with Crippen LogP contribution in [0.25, 0.3) is 0 Å². The van der Waals surface area contributed by atoms with Gasteiger partial charge in [0, 0.05) is 5.25 Å². The van der Waals surface area contributed by atoms with Crippen LogP contribution in [0.15, 0.2) is 23.8 Å². The zero-order valence-corrected chi connectivity index (χ0v) is 10.2. The molecule has 0 aromatic carbocycles. The van der Waals surface area contributed by atoms with Gasteiger partial charge >= 0.3 is 0 Å². The van der Waals surface area contributed by atoms with Gasteiger partial charge in [-0.2, -0.15) is 0 Å². The largest absolute Gasteiger partial charge is 0.772 e. The lowest BCUT2D eigenvalue weighted by atomic mass is 9.95. The first-order chi connectivity index (χ1) is 7.02. The number of hydrogen-bond donors (Lipinski definition) is 0. The van der Waals surface area contributed by atoms with Crippen LogP contribution in [0.2, 0.25) is 0 Å². The molecule has 15 heavy (non-hydrogen) atoms. The van der Waals surface area contributed by atoms with E-state index in [1.54, 1.807) is 13.0 Å². The molecule has 0 N–H and O–H groups in total. The molecule has 0 aliphatic carbocycles. The molecule has 0 aromatic heterocycles. The smallest absolute Gasteiger partial charge is 0.0193 e. The zero-order valence-electron chi connectivity index (χ0n) is 9.40. The average molecular weight is 225 g/mol. The van der Waals surface area contributed by atoms with E-state index in [0.717, 1.165) is 5.57 Å². The SMILES string of the molecule is C#C/C=C(\C=C/C)C(C)CC(C)S(=O)[O-]. The maximum atomic E-state index is 10.7. The quantitative estimate of drug-likeness (QED) is 0.409. The van der Waals surface area contributed by atoms with Gasteiger partial charge in [0.05, 0.1) is 0 Å². The van der Waals surface area contributed by atoms with Gasteiger partial charge in [0.1, 0.15) is 0 Å². The normalized spacial score (nSPS) is 18.5. The van der Waals surface area contributed by atoms with E-state index in [1.807, 2.05) is 26.0 Å². The lowest BCUT2D eigenvalue weighted by Crippen LogP contribution is -2.14. The molecule has 0 saturated heterocycles. The van der Waals surface area contributed by atoms with Gasteiger partial charge < -0.3 is 4.55 Å². The van der Waals surface area contributed by atoms with Crippen molar-refractivity contribution in [1.29, 1.82) is 0 Å². The summed E-state index contributed by atoms with van der Waals surface area (Å²) in [7, 11) is 0. The second-order valence-corrected chi connectivity index (χ2v) is 4.84. The summed E-state index contributed by atoms with van der Waals surface area (Å²) in [5.74, 6) is 2.63. The maximum Gasteiger partial charge on any atom is 0.0193 e. The summed E-state index contributed by atoms with van der Waals surface area (Å²) in [5.41, 5.74) is 0.998. The van der Waals surface area contributed by atoms with E-state index in [0.29, 0.717) is 6.42 Å². The van der Waals surface area contributed by atoms with Crippen LogP contribution in [0.1, 0.15) is 27.2 Å². The highest BCUT2D eigenvalue weighted by atomic mass is 32.2. The molecular weight excluding hydrogens is 208 g/mol. The average Bonchev–Trinajstić information content (AvgIpc) is 2.17. The van der Waals surface area contributed by atoms with Crippen molar-refractivity contribution in [2.24, 2.45) is 5.92 Å². The van der Waals surface area contributed by atoms with Gasteiger partial charge in [-0.1, -0.05) is 43.0 Å². The van der Waals surface area contributed by atoms with Crippen molar-refractivity contribution in [3.63, 3.8) is 0 Å². The summed E-state index contributed by atoms with van der Waals surface area (Å²) >= 11 is -2.01. The summed E-state index contributed by atoms with van der Waals surface area (Å²) in [4.78, 5) is 0. The molecule has 0 heterocycles. The molecular formula is C12H17O2S-. The Labute approximate surface area is 94.8 Å². The highest BCUT2D eigenvalue weighted by Gasteiger charge is 2.11. The Bertz CT molecular complexity index is 310. The number of allylic oxidation sites excluding steroid dienone is 4. The minimum Gasteiger partial charge on any atom is -0.772 e. The Morgan fingerprint density at radius 2 is 2.20 bits per heavy atom. The molecule has 0 fully saturated rings.